The van der Waals surface area contributed by atoms with Crippen LogP contribution in [0, 0.1) is 12.7 Å². The lowest BCUT2D eigenvalue weighted by atomic mass is 10.1. The Labute approximate surface area is 122 Å². The van der Waals surface area contributed by atoms with Crippen molar-refractivity contribution in [1.82, 2.24) is 5.32 Å². The first-order valence-corrected chi connectivity index (χ1v) is 6.60. The zero-order chi connectivity index (χ0) is 16.0. The fourth-order valence-electron chi connectivity index (χ4n) is 1.67. The molecule has 0 fully saturated rings. The van der Waals surface area contributed by atoms with Crippen LogP contribution in [-0.2, 0) is 14.3 Å². The number of rotatable bonds is 6. The lowest BCUT2D eigenvalue weighted by molar-refractivity contribution is -0.145. The Morgan fingerprint density at radius 2 is 2.00 bits per heavy atom. The quantitative estimate of drug-likeness (QED) is 0.641. The largest absolute Gasteiger partial charge is 0.466 e. The SMILES string of the molecule is CCOC(=O)CC(=O)C(C)NC(=O)c1ccc(C)cc1F. The number of hydrogen-bond acceptors (Lipinski definition) is 4. The summed E-state index contributed by atoms with van der Waals surface area (Å²) in [6, 6.07) is 3.29. The van der Waals surface area contributed by atoms with Crippen LogP contribution < -0.4 is 5.32 Å². The molecule has 0 aromatic heterocycles. The molecule has 0 saturated carbocycles. The molecule has 1 unspecified atom stereocenters. The maximum Gasteiger partial charge on any atom is 0.313 e. The highest BCUT2D eigenvalue weighted by atomic mass is 19.1. The first-order valence-electron chi connectivity index (χ1n) is 6.60. The summed E-state index contributed by atoms with van der Waals surface area (Å²) < 4.78 is 18.3. The average molecular weight is 295 g/mol. The number of halogens is 1. The van der Waals surface area contributed by atoms with E-state index in [0.717, 1.165) is 0 Å². The van der Waals surface area contributed by atoms with Crippen LogP contribution in [0.2, 0.25) is 0 Å². The summed E-state index contributed by atoms with van der Waals surface area (Å²) in [5.41, 5.74) is 0.548. The van der Waals surface area contributed by atoms with Gasteiger partial charge in [0.05, 0.1) is 18.2 Å². The molecule has 0 radical (unpaired) electrons. The van der Waals surface area contributed by atoms with E-state index in [4.69, 9.17) is 0 Å². The zero-order valence-corrected chi connectivity index (χ0v) is 12.2. The van der Waals surface area contributed by atoms with Crippen LogP contribution in [0.3, 0.4) is 0 Å². The summed E-state index contributed by atoms with van der Waals surface area (Å²) in [5, 5.41) is 2.37. The second-order valence-corrected chi connectivity index (χ2v) is 4.63. The van der Waals surface area contributed by atoms with Crippen LogP contribution in [-0.4, -0.2) is 30.3 Å². The maximum atomic E-state index is 13.6. The highest BCUT2D eigenvalue weighted by molar-refractivity contribution is 6.02. The number of carbonyl (C=O) groups excluding carboxylic acids is 3. The molecule has 1 amide bonds. The molecule has 0 spiro atoms. The third kappa shape index (κ3) is 4.98. The summed E-state index contributed by atoms with van der Waals surface area (Å²) in [6.45, 7) is 4.96. The smallest absolute Gasteiger partial charge is 0.313 e. The fourth-order valence-corrected chi connectivity index (χ4v) is 1.67. The van der Waals surface area contributed by atoms with Gasteiger partial charge in [0.15, 0.2) is 5.78 Å². The van der Waals surface area contributed by atoms with Crippen molar-refractivity contribution in [3.8, 4) is 0 Å². The van der Waals surface area contributed by atoms with Gasteiger partial charge >= 0.3 is 5.97 Å². The van der Waals surface area contributed by atoms with Crippen LogP contribution >= 0.6 is 0 Å². The molecular formula is C15H18FNO4. The van der Waals surface area contributed by atoms with Crippen molar-refractivity contribution >= 4 is 17.7 Å². The minimum Gasteiger partial charge on any atom is -0.466 e. The number of ether oxygens (including phenoxy) is 1. The standard InChI is InChI=1S/C15H18FNO4/c1-4-21-14(19)8-13(18)10(3)17-15(20)11-6-5-9(2)7-12(11)16/h5-7,10H,4,8H2,1-3H3,(H,17,20). The maximum absolute atomic E-state index is 13.6. The third-order valence-corrected chi connectivity index (χ3v) is 2.82. The molecule has 21 heavy (non-hydrogen) atoms. The molecule has 0 aliphatic carbocycles. The number of Topliss-reactive ketones (excluding diaryl/α,β-unsaturated/α-hetero) is 1. The van der Waals surface area contributed by atoms with E-state index in [9.17, 15) is 18.8 Å². The van der Waals surface area contributed by atoms with Crippen molar-refractivity contribution in [3.63, 3.8) is 0 Å². The summed E-state index contributed by atoms with van der Waals surface area (Å²) in [5.74, 6) is -2.49. The summed E-state index contributed by atoms with van der Waals surface area (Å²) in [6.07, 6.45) is -0.425. The van der Waals surface area contributed by atoms with Gasteiger partial charge in [-0.1, -0.05) is 6.07 Å². The molecule has 1 aromatic carbocycles. The van der Waals surface area contributed by atoms with E-state index < -0.39 is 35.9 Å². The molecule has 0 bridgehead atoms. The van der Waals surface area contributed by atoms with E-state index in [0.29, 0.717) is 5.56 Å². The average Bonchev–Trinajstić information content (AvgIpc) is 2.38. The topological polar surface area (TPSA) is 72.5 Å². The van der Waals surface area contributed by atoms with E-state index in [1.165, 1.54) is 19.1 Å². The zero-order valence-electron chi connectivity index (χ0n) is 12.2. The Morgan fingerprint density at radius 3 is 2.57 bits per heavy atom. The van der Waals surface area contributed by atoms with Gasteiger partial charge in [-0.3, -0.25) is 14.4 Å². The number of amides is 1. The van der Waals surface area contributed by atoms with E-state index in [-0.39, 0.29) is 12.2 Å². The van der Waals surface area contributed by atoms with E-state index >= 15 is 0 Å². The molecule has 1 rings (SSSR count). The first kappa shape index (κ1) is 16.8. The molecule has 0 aliphatic rings. The van der Waals surface area contributed by atoms with Gasteiger partial charge < -0.3 is 10.1 Å². The number of benzene rings is 1. The Kier molecular flexibility index (Phi) is 6.02. The van der Waals surface area contributed by atoms with E-state index in [1.54, 1.807) is 19.9 Å². The van der Waals surface area contributed by atoms with Gasteiger partial charge in [-0.05, 0) is 38.5 Å². The van der Waals surface area contributed by atoms with Crippen LogP contribution in [0.15, 0.2) is 18.2 Å². The van der Waals surface area contributed by atoms with Gasteiger partial charge in [-0.25, -0.2) is 4.39 Å². The van der Waals surface area contributed by atoms with Crippen molar-refractivity contribution in [2.75, 3.05) is 6.61 Å². The van der Waals surface area contributed by atoms with Gasteiger partial charge in [0.1, 0.15) is 12.2 Å². The van der Waals surface area contributed by atoms with E-state index in [1.807, 2.05) is 0 Å². The number of aryl methyl sites for hydroxylation is 1. The first-order chi connectivity index (χ1) is 9.85. The molecule has 5 nitrogen and oxygen atoms in total. The number of carbonyl (C=O) groups is 3. The molecule has 1 aromatic rings. The van der Waals surface area contributed by atoms with Gasteiger partial charge in [0.2, 0.25) is 0 Å². The number of hydrogen-bond donors (Lipinski definition) is 1. The van der Waals surface area contributed by atoms with Crippen molar-refractivity contribution in [3.05, 3.63) is 35.1 Å². The monoisotopic (exact) mass is 295 g/mol. The summed E-state index contributed by atoms with van der Waals surface area (Å²) in [7, 11) is 0. The summed E-state index contributed by atoms with van der Waals surface area (Å²) in [4.78, 5) is 34.8. The Morgan fingerprint density at radius 1 is 1.33 bits per heavy atom. The molecule has 114 valence electrons. The Bertz CT molecular complexity index is 557. The Hall–Kier alpha value is -2.24. The highest BCUT2D eigenvalue weighted by Gasteiger charge is 2.21. The molecule has 0 saturated heterocycles. The van der Waals surface area contributed by atoms with Crippen LogP contribution in [0.4, 0.5) is 4.39 Å². The van der Waals surface area contributed by atoms with Gasteiger partial charge in [0.25, 0.3) is 5.91 Å². The Balaban J connectivity index is 2.65. The lowest BCUT2D eigenvalue weighted by Gasteiger charge is -2.13. The second kappa shape index (κ2) is 7.52. The van der Waals surface area contributed by atoms with Gasteiger partial charge in [-0.15, -0.1) is 0 Å². The van der Waals surface area contributed by atoms with Gasteiger partial charge in [0, 0.05) is 0 Å². The molecule has 0 heterocycles. The second-order valence-electron chi connectivity index (χ2n) is 4.63. The van der Waals surface area contributed by atoms with E-state index in [2.05, 4.69) is 10.1 Å². The van der Waals surface area contributed by atoms with Crippen LogP contribution in [0.5, 0.6) is 0 Å². The van der Waals surface area contributed by atoms with Gasteiger partial charge in [-0.2, -0.15) is 0 Å². The highest BCUT2D eigenvalue weighted by Crippen LogP contribution is 2.10. The van der Waals surface area contributed by atoms with Crippen molar-refractivity contribution in [2.45, 2.75) is 33.2 Å². The third-order valence-electron chi connectivity index (χ3n) is 2.82. The van der Waals surface area contributed by atoms with Crippen molar-refractivity contribution in [1.29, 1.82) is 0 Å². The molecule has 6 heteroatoms. The predicted molar refractivity (Wildman–Crippen MR) is 74.3 cm³/mol. The number of ketones is 1. The number of esters is 1. The minimum atomic E-state index is -0.900. The molecule has 1 N–H and O–H groups in total. The molecule has 0 aliphatic heterocycles. The van der Waals surface area contributed by atoms with Crippen LogP contribution in [0.1, 0.15) is 36.2 Å². The normalized spacial score (nSPS) is 11.6. The lowest BCUT2D eigenvalue weighted by Crippen LogP contribution is -2.39. The molecular weight excluding hydrogens is 277 g/mol. The van der Waals surface area contributed by atoms with Crippen LogP contribution in [0.25, 0.3) is 0 Å². The molecule has 1 atom stereocenters. The van der Waals surface area contributed by atoms with Crippen molar-refractivity contribution in [2.24, 2.45) is 0 Å². The number of nitrogens with one attached hydrogen (secondary N) is 1. The fraction of sp³-hybridized carbons (Fsp3) is 0.400. The summed E-state index contributed by atoms with van der Waals surface area (Å²) >= 11 is 0. The van der Waals surface area contributed by atoms with Crippen molar-refractivity contribution < 1.29 is 23.5 Å². The minimum absolute atomic E-state index is 0.142. The predicted octanol–water partition coefficient (Wildman–Crippen LogP) is 1.77.